The number of hydrogen-bond donors (Lipinski definition) is 1. The van der Waals surface area contributed by atoms with E-state index in [9.17, 15) is 10.1 Å². The van der Waals surface area contributed by atoms with Gasteiger partial charge in [-0.1, -0.05) is 0 Å². The first-order chi connectivity index (χ1) is 10.1. The van der Waals surface area contributed by atoms with Crippen molar-refractivity contribution in [1.29, 1.82) is 0 Å². The van der Waals surface area contributed by atoms with Gasteiger partial charge in [-0.2, -0.15) is 0 Å². The summed E-state index contributed by atoms with van der Waals surface area (Å²) in [5.41, 5.74) is 0.865. The third-order valence-electron chi connectivity index (χ3n) is 4.10. The fraction of sp³-hybridized carbons (Fsp3) is 0.600. The van der Waals surface area contributed by atoms with E-state index in [1.165, 1.54) is 39.1 Å². The first-order valence-electron chi connectivity index (χ1n) is 7.35. The van der Waals surface area contributed by atoms with E-state index < -0.39 is 4.92 Å². The quantitative estimate of drug-likeness (QED) is 0.645. The van der Waals surface area contributed by atoms with Gasteiger partial charge < -0.3 is 15.0 Å². The standard InChI is InChI=1S/C15H23N3O3/c1-17-9-6-12(7-10-17)5-8-16-13-3-4-14(18(19)20)15(11-13)21-2/h3-4,11-12,16H,5-10H2,1-2H3. The van der Waals surface area contributed by atoms with Crippen molar-refractivity contribution in [3.63, 3.8) is 0 Å². The summed E-state index contributed by atoms with van der Waals surface area (Å²) in [6, 6.07) is 4.90. The topological polar surface area (TPSA) is 67.6 Å². The monoisotopic (exact) mass is 293 g/mol. The molecule has 1 heterocycles. The average molecular weight is 293 g/mol. The zero-order chi connectivity index (χ0) is 15.2. The van der Waals surface area contributed by atoms with Crippen LogP contribution in [0.5, 0.6) is 5.75 Å². The fourth-order valence-electron chi connectivity index (χ4n) is 2.71. The van der Waals surface area contributed by atoms with E-state index in [4.69, 9.17) is 4.74 Å². The number of piperidine rings is 1. The molecule has 0 radical (unpaired) electrons. The Labute approximate surface area is 125 Å². The summed E-state index contributed by atoms with van der Waals surface area (Å²) < 4.78 is 5.07. The number of nitro benzene ring substituents is 1. The Bertz CT molecular complexity index is 485. The lowest BCUT2D eigenvalue weighted by molar-refractivity contribution is -0.385. The van der Waals surface area contributed by atoms with Crippen molar-refractivity contribution < 1.29 is 9.66 Å². The van der Waals surface area contributed by atoms with Crippen LogP contribution in [0.4, 0.5) is 11.4 Å². The lowest BCUT2D eigenvalue weighted by Crippen LogP contribution is -2.30. The van der Waals surface area contributed by atoms with Crippen LogP contribution in [0.2, 0.25) is 0 Å². The summed E-state index contributed by atoms with van der Waals surface area (Å²) in [6.07, 6.45) is 3.64. The number of benzene rings is 1. The maximum atomic E-state index is 10.8. The van der Waals surface area contributed by atoms with Crippen LogP contribution in [0.3, 0.4) is 0 Å². The number of nitrogens with zero attached hydrogens (tertiary/aromatic N) is 2. The molecule has 1 saturated heterocycles. The van der Waals surface area contributed by atoms with E-state index in [2.05, 4.69) is 17.3 Å². The van der Waals surface area contributed by atoms with E-state index in [1.54, 1.807) is 12.1 Å². The third-order valence-corrected chi connectivity index (χ3v) is 4.10. The fourth-order valence-corrected chi connectivity index (χ4v) is 2.71. The molecule has 6 nitrogen and oxygen atoms in total. The Hall–Kier alpha value is -1.82. The molecule has 0 bridgehead atoms. The average Bonchev–Trinajstić information content (AvgIpc) is 2.49. The molecule has 1 aliphatic rings. The van der Waals surface area contributed by atoms with Crippen LogP contribution in [0, 0.1) is 16.0 Å². The molecule has 116 valence electrons. The number of hydrogen-bond acceptors (Lipinski definition) is 5. The van der Waals surface area contributed by atoms with Crippen LogP contribution in [-0.2, 0) is 0 Å². The predicted octanol–water partition coefficient (Wildman–Crippen LogP) is 2.75. The van der Waals surface area contributed by atoms with Gasteiger partial charge in [0.1, 0.15) is 0 Å². The highest BCUT2D eigenvalue weighted by molar-refractivity contribution is 5.57. The summed E-state index contributed by atoms with van der Waals surface area (Å²) in [5.74, 6) is 1.07. The number of rotatable bonds is 6. The minimum atomic E-state index is -0.429. The van der Waals surface area contributed by atoms with Crippen molar-refractivity contribution in [1.82, 2.24) is 4.90 Å². The summed E-state index contributed by atoms with van der Waals surface area (Å²) in [5, 5.41) is 14.2. The van der Waals surface area contributed by atoms with E-state index >= 15 is 0 Å². The Kier molecular flexibility index (Phi) is 5.38. The minimum Gasteiger partial charge on any atom is -0.490 e. The van der Waals surface area contributed by atoms with Gasteiger partial charge in [-0.15, -0.1) is 0 Å². The van der Waals surface area contributed by atoms with E-state index in [-0.39, 0.29) is 5.69 Å². The van der Waals surface area contributed by atoms with Gasteiger partial charge in [-0.3, -0.25) is 10.1 Å². The molecule has 21 heavy (non-hydrogen) atoms. The Morgan fingerprint density at radius 3 is 2.76 bits per heavy atom. The SMILES string of the molecule is COc1cc(NCCC2CCN(C)CC2)ccc1[N+](=O)[O-]. The van der Waals surface area contributed by atoms with Gasteiger partial charge in [0.05, 0.1) is 12.0 Å². The van der Waals surface area contributed by atoms with Crippen LogP contribution in [0.15, 0.2) is 18.2 Å². The molecular weight excluding hydrogens is 270 g/mol. The number of nitro groups is 1. The van der Waals surface area contributed by atoms with Gasteiger partial charge in [-0.25, -0.2) is 0 Å². The van der Waals surface area contributed by atoms with Crippen molar-refractivity contribution in [3.05, 3.63) is 28.3 Å². The Balaban J connectivity index is 1.84. The molecule has 0 aromatic heterocycles. The highest BCUT2D eigenvalue weighted by Gasteiger charge is 2.17. The number of likely N-dealkylation sites (tertiary alicyclic amines) is 1. The molecule has 0 unspecified atom stereocenters. The van der Waals surface area contributed by atoms with Crippen LogP contribution in [0.1, 0.15) is 19.3 Å². The largest absolute Gasteiger partial charge is 0.490 e. The lowest BCUT2D eigenvalue weighted by Gasteiger charge is -2.29. The highest BCUT2D eigenvalue weighted by atomic mass is 16.6. The van der Waals surface area contributed by atoms with Gasteiger partial charge in [0.15, 0.2) is 5.75 Å². The van der Waals surface area contributed by atoms with Crippen molar-refractivity contribution in [2.24, 2.45) is 5.92 Å². The van der Waals surface area contributed by atoms with Crippen molar-refractivity contribution in [3.8, 4) is 5.75 Å². The van der Waals surface area contributed by atoms with Crippen LogP contribution < -0.4 is 10.1 Å². The molecule has 1 aliphatic heterocycles. The highest BCUT2D eigenvalue weighted by Crippen LogP contribution is 2.29. The van der Waals surface area contributed by atoms with E-state index in [1.807, 2.05) is 0 Å². The summed E-state index contributed by atoms with van der Waals surface area (Å²) in [4.78, 5) is 12.8. The second kappa shape index (κ2) is 7.26. The molecule has 0 atom stereocenters. The number of anilines is 1. The van der Waals surface area contributed by atoms with Gasteiger partial charge in [0.2, 0.25) is 0 Å². The van der Waals surface area contributed by atoms with Gasteiger partial charge in [-0.05, 0) is 51.4 Å². The second-order valence-electron chi connectivity index (χ2n) is 5.61. The molecular formula is C15H23N3O3. The zero-order valence-corrected chi connectivity index (χ0v) is 12.7. The normalized spacial score (nSPS) is 16.7. The molecule has 1 aromatic carbocycles. The third kappa shape index (κ3) is 4.32. The zero-order valence-electron chi connectivity index (χ0n) is 12.7. The van der Waals surface area contributed by atoms with E-state index in [0.717, 1.165) is 24.6 Å². The van der Waals surface area contributed by atoms with Crippen molar-refractivity contribution in [2.75, 3.05) is 39.1 Å². The number of ether oxygens (including phenoxy) is 1. The smallest absolute Gasteiger partial charge is 0.311 e. The van der Waals surface area contributed by atoms with Crippen LogP contribution in [0.25, 0.3) is 0 Å². The van der Waals surface area contributed by atoms with Gasteiger partial charge in [0.25, 0.3) is 0 Å². The van der Waals surface area contributed by atoms with Gasteiger partial charge in [0, 0.05) is 24.4 Å². The summed E-state index contributed by atoms with van der Waals surface area (Å²) >= 11 is 0. The van der Waals surface area contributed by atoms with Crippen LogP contribution >= 0.6 is 0 Å². The Morgan fingerprint density at radius 1 is 1.43 bits per heavy atom. The lowest BCUT2D eigenvalue weighted by atomic mass is 9.94. The second-order valence-corrected chi connectivity index (χ2v) is 5.61. The molecule has 2 rings (SSSR count). The predicted molar refractivity (Wildman–Crippen MR) is 83.0 cm³/mol. The molecule has 0 aliphatic carbocycles. The Morgan fingerprint density at radius 2 is 2.14 bits per heavy atom. The van der Waals surface area contributed by atoms with Crippen molar-refractivity contribution >= 4 is 11.4 Å². The molecule has 0 amide bonds. The summed E-state index contributed by atoms with van der Waals surface area (Å²) in [6.45, 7) is 3.24. The molecule has 1 N–H and O–H groups in total. The van der Waals surface area contributed by atoms with Crippen LogP contribution in [-0.4, -0.2) is 43.6 Å². The first-order valence-corrected chi connectivity index (χ1v) is 7.35. The van der Waals surface area contributed by atoms with Gasteiger partial charge >= 0.3 is 5.69 Å². The molecule has 0 spiro atoms. The number of nitrogens with one attached hydrogen (secondary N) is 1. The van der Waals surface area contributed by atoms with Crippen molar-refractivity contribution in [2.45, 2.75) is 19.3 Å². The molecule has 6 heteroatoms. The first kappa shape index (κ1) is 15.6. The summed E-state index contributed by atoms with van der Waals surface area (Å²) in [7, 11) is 3.61. The minimum absolute atomic E-state index is 0.00151. The van der Waals surface area contributed by atoms with E-state index in [0.29, 0.717) is 5.75 Å². The maximum absolute atomic E-state index is 10.8. The number of methoxy groups -OCH3 is 1. The molecule has 0 saturated carbocycles. The molecule has 1 aromatic rings. The maximum Gasteiger partial charge on any atom is 0.311 e. The molecule has 1 fully saturated rings.